The number of phenols is 1. The van der Waals surface area contributed by atoms with Crippen LogP contribution in [0, 0.1) is 0 Å². The number of thiophene rings is 1. The van der Waals surface area contributed by atoms with Gasteiger partial charge in [0, 0.05) is 21.9 Å². The number of fused-ring (bicyclic) bond motifs is 3. The lowest BCUT2D eigenvalue weighted by Gasteiger charge is -2.11. The number of aromatic amines is 1. The Labute approximate surface area is 148 Å². The maximum atomic E-state index is 12.2. The van der Waals surface area contributed by atoms with E-state index in [2.05, 4.69) is 17.1 Å². The van der Waals surface area contributed by atoms with Crippen molar-refractivity contribution < 1.29 is 5.11 Å². The van der Waals surface area contributed by atoms with Gasteiger partial charge in [-0.3, -0.25) is 4.79 Å². The number of nitrogens with two attached hydrogens (primary N) is 1. The van der Waals surface area contributed by atoms with Crippen LogP contribution in [0.1, 0.15) is 12.0 Å². The maximum absolute atomic E-state index is 12.2. The van der Waals surface area contributed by atoms with Crippen LogP contribution in [-0.4, -0.2) is 16.6 Å². The van der Waals surface area contributed by atoms with Gasteiger partial charge in [-0.25, -0.2) is 0 Å². The SMILES string of the molecule is NCCCc1ccc(-c2c(O)ccc3[nH]c(=O)c4sccc4c23)cc1. The molecule has 0 amide bonds. The van der Waals surface area contributed by atoms with E-state index in [1.807, 2.05) is 23.6 Å². The van der Waals surface area contributed by atoms with Crippen LogP contribution in [0.25, 0.3) is 32.1 Å². The first-order valence-electron chi connectivity index (χ1n) is 8.23. The number of rotatable bonds is 4. The Hall–Kier alpha value is -2.63. The Morgan fingerprint density at radius 1 is 1.08 bits per heavy atom. The summed E-state index contributed by atoms with van der Waals surface area (Å²) in [7, 11) is 0. The van der Waals surface area contributed by atoms with Gasteiger partial charge in [0.25, 0.3) is 5.56 Å². The van der Waals surface area contributed by atoms with Crippen molar-refractivity contribution in [1.82, 2.24) is 4.98 Å². The zero-order valence-electron chi connectivity index (χ0n) is 13.6. The molecule has 2 aromatic carbocycles. The average molecular weight is 350 g/mol. The molecule has 0 aliphatic rings. The molecular weight excluding hydrogens is 332 g/mol. The van der Waals surface area contributed by atoms with Crippen LogP contribution >= 0.6 is 11.3 Å². The molecule has 0 fully saturated rings. The molecule has 0 aliphatic heterocycles. The molecule has 126 valence electrons. The van der Waals surface area contributed by atoms with E-state index in [0.29, 0.717) is 11.2 Å². The number of aryl methyl sites for hydroxylation is 1. The molecule has 4 aromatic rings. The van der Waals surface area contributed by atoms with Crippen LogP contribution in [0.3, 0.4) is 0 Å². The molecule has 0 spiro atoms. The van der Waals surface area contributed by atoms with Crippen molar-refractivity contribution in [1.29, 1.82) is 0 Å². The molecule has 5 heteroatoms. The van der Waals surface area contributed by atoms with E-state index in [1.54, 1.807) is 12.1 Å². The summed E-state index contributed by atoms with van der Waals surface area (Å²) in [5.41, 5.74) is 9.12. The summed E-state index contributed by atoms with van der Waals surface area (Å²) < 4.78 is 0.680. The van der Waals surface area contributed by atoms with Gasteiger partial charge in [-0.05, 0) is 54.1 Å². The first kappa shape index (κ1) is 15.9. The minimum Gasteiger partial charge on any atom is -0.507 e. The molecule has 0 radical (unpaired) electrons. The largest absolute Gasteiger partial charge is 0.507 e. The fraction of sp³-hybridized carbons (Fsp3) is 0.150. The predicted octanol–water partition coefficient (Wildman–Crippen LogP) is 4.01. The second-order valence-electron chi connectivity index (χ2n) is 6.09. The number of aromatic nitrogens is 1. The molecule has 0 bridgehead atoms. The van der Waals surface area contributed by atoms with E-state index >= 15 is 0 Å². The monoisotopic (exact) mass is 350 g/mol. The molecule has 0 aliphatic carbocycles. The van der Waals surface area contributed by atoms with Crippen molar-refractivity contribution in [2.75, 3.05) is 6.54 Å². The molecule has 4 rings (SSSR count). The Morgan fingerprint density at radius 3 is 2.64 bits per heavy atom. The third-order valence-electron chi connectivity index (χ3n) is 4.48. The van der Waals surface area contributed by atoms with Gasteiger partial charge in [-0.1, -0.05) is 24.3 Å². The molecule has 2 heterocycles. The number of hydrogen-bond acceptors (Lipinski definition) is 4. The first-order valence-corrected chi connectivity index (χ1v) is 9.11. The van der Waals surface area contributed by atoms with Crippen molar-refractivity contribution >= 4 is 32.3 Å². The Balaban J connectivity index is 1.96. The third kappa shape index (κ3) is 2.71. The van der Waals surface area contributed by atoms with Crippen LogP contribution in [-0.2, 0) is 6.42 Å². The van der Waals surface area contributed by atoms with Gasteiger partial charge in [0.1, 0.15) is 10.4 Å². The van der Waals surface area contributed by atoms with Crippen LogP contribution in [0.15, 0.2) is 52.6 Å². The van der Waals surface area contributed by atoms with Gasteiger partial charge in [0.2, 0.25) is 0 Å². The number of nitrogens with one attached hydrogen (secondary N) is 1. The molecule has 0 saturated carbocycles. The van der Waals surface area contributed by atoms with Crippen molar-refractivity contribution in [3.63, 3.8) is 0 Å². The summed E-state index contributed by atoms with van der Waals surface area (Å²) in [6.45, 7) is 0.676. The van der Waals surface area contributed by atoms with E-state index in [0.717, 1.165) is 40.3 Å². The van der Waals surface area contributed by atoms with Crippen LogP contribution in [0.4, 0.5) is 0 Å². The van der Waals surface area contributed by atoms with E-state index in [4.69, 9.17) is 5.73 Å². The van der Waals surface area contributed by atoms with E-state index in [-0.39, 0.29) is 11.3 Å². The quantitative estimate of drug-likeness (QED) is 0.520. The molecule has 4 N–H and O–H groups in total. The highest BCUT2D eigenvalue weighted by Crippen LogP contribution is 2.39. The summed E-state index contributed by atoms with van der Waals surface area (Å²) in [5.74, 6) is 0.210. The van der Waals surface area contributed by atoms with Gasteiger partial charge in [-0.15, -0.1) is 11.3 Å². The lowest BCUT2D eigenvalue weighted by Crippen LogP contribution is -2.04. The first-order chi connectivity index (χ1) is 12.2. The van der Waals surface area contributed by atoms with Crippen LogP contribution < -0.4 is 11.3 Å². The van der Waals surface area contributed by atoms with E-state index < -0.39 is 0 Å². The molecule has 4 nitrogen and oxygen atoms in total. The number of phenolic OH excluding ortho intramolecular Hbond substituents is 1. The highest BCUT2D eigenvalue weighted by Gasteiger charge is 2.15. The summed E-state index contributed by atoms with van der Waals surface area (Å²) >= 11 is 1.41. The Kier molecular flexibility index (Phi) is 4.03. The third-order valence-corrected chi connectivity index (χ3v) is 5.40. The number of benzene rings is 2. The van der Waals surface area contributed by atoms with Gasteiger partial charge in [0.05, 0.1) is 0 Å². The van der Waals surface area contributed by atoms with E-state index in [9.17, 15) is 9.90 Å². The van der Waals surface area contributed by atoms with E-state index in [1.165, 1.54) is 16.9 Å². The minimum atomic E-state index is -0.0914. The summed E-state index contributed by atoms with van der Waals surface area (Å²) in [5, 5.41) is 14.2. The highest BCUT2D eigenvalue weighted by molar-refractivity contribution is 7.17. The zero-order chi connectivity index (χ0) is 17.4. The summed E-state index contributed by atoms with van der Waals surface area (Å²) in [4.78, 5) is 15.1. The second kappa shape index (κ2) is 6.35. The molecule has 25 heavy (non-hydrogen) atoms. The van der Waals surface area contributed by atoms with Crippen molar-refractivity contribution in [2.24, 2.45) is 5.73 Å². The van der Waals surface area contributed by atoms with Crippen LogP contribution in [0.2, 0.25) is 0 Å². The average Bonchev–Trinajstić information content (AvgIpc) is 3.12. The fourth-order valence-electron chi connectivity index (χ4n) is 3.27. The van der Waals surface area contributed by atoms with Gasteiger partial charge in [0.15, 0.2) is 0 Å². The normalized spacial score (nSPS) is 11.4. The minimum absolute atomic E-state index is 0.0914. The fourth-order valence-corrected chi connectivity index (χ4v) is 4.07. The molecule has 0 unspecified atom stereocenters. The van der Waals surface area contributed by atoms with Gasteiger partial charge < -0.3 is 15.8 Å². The summed E-state index contributed by atoms with van der Waals surface area (Å²) in [6, 6.07) is 13.5. The number of H-pyrrole nitrogens is 1. The number of hydrogen-bond donors (Lipinski definition) is 3. The highest BCUT2D eigenvalue weighted by atomic mass is 32.1. The van der Waals surface area contributed by atoms with Crippen molar-refractivity contribution in [3.05, 3.63) is 63.8 Å². The predicted molar refractivity (Wildman–Crippen MR) is 104 cm³/mol. The number of pyridine rings is 1. The van der Waals surface area contributed by atoms with Crippen molar-refractivity contribution in [3.8, 4) is 16.9 Å². The summed E-state index contributed by atoms with van der Waals surface area (Å²) in [6.07, 6.45) is 1.90. The molecule has 2 aromatic heterocycles. The zero-order valence-corrected chi connectivity index (χ0v) is 14.4. The number of aromatic hydroxyl groups is 1. The van der Waals surface area contributed by atoms with Gasteiger partial charge >= 0.3 is 0 Å². The lowest BCUT2D eigenvalue weighted by atomic mass is 9.96. The van der Waals surface area contributed by atoms with Crippen LogP contribution in [0.5, 0.6) is 5.75 Å². The molecule has 0 saturated heterocycles. The van der Waals surface area contributed by atoms with Gasteiger partial charge in [-0.2, -0.15) is 0 Å². The Morgan fingerprint density at radius 2 is 1.88 bits per heavy atom. The smallest absolute Gasteiger partial charge is 0.266 e. The maximum Gasteiger partial charge on any atom is 0.266 e. The van der Waals surface area contributed by atoms with Crippen molar-refractivity contribution in [2.45, 2.75) is 12.8 Å². The Bertz CT molecular complexity index is 1110. The molecular formula is C20H18N2O2S. The molecule has 0 atom stereocenters. The standard InChI is InChI=1S/C20H18N2O2S/c21-10-1-2-12-3-5-13(6-4-12)17-16(23)8-7-15-18(17)14-9-11-25-19(14)20(24)22-15/h3-9,11,23H,1-2,10,21H2,(H,22,24). The lowest BCUT2D eigenvalue weighted by molar-refractivity contribution is 0.478. The topological polar surface area (TPSA) is 79.1 Å². The second-order valence-corrected chi connectivity index (χ2v) is 7.01.